The number of epoxide rings is 1. The van der Waals surface area contributed by atoms with Gasteiger partial charge in [-0.3, -0.25) is 19.2 Å². The Morgan fingerprint density at radius 2 is 1.18 bits per heavy atom. The van der Waals surface area contributed by atoms with Gasteiger partial charge >= 0.3 is 32.7 Å². The van der Waals surface area contributed by atoms with E-state index in [0.717, 1.165) is 6.42 Å². The van der Waals surface area contributed by atoms with E-state index in [1.165, 1.54) is 0 Å². The van der Waals surface area contributed by atoms with Crippen molar-refractivity contribution in [1.82, 2.24) is 0 Å². The molecule has 18 heteroatoms. The van der Waals surface area contributed by atoms with Gasteiger partial charge in [0.05, 0.1) is 61.2 Å². The predicted molar refractivity (Wildman–Crippen MR) is 239 cm³/mol. The Labute approximate surface area is 365 Å². The second-order valence-corrected chi connectivity index (χ2v) is 36.8. The normalized spacial score (nSPS) is 18.0. The highest BCUT2D eigenvalue weighted by atomic mass is 28.5. The second-order valence-electron chi connectivity index (χ2n) is 19.8. The number of carbonyl (C=O) groups excluding carboxylic acids is 4. The summed E-state index contributed by atoms with van der Waals surface area (Å²) in [5.41, 5.74) is -2.67. The molecule has 6 atom stereocenters. The van der Waals surface area contributed by atoms with E-state index in [9.17, 15) is 24.4 Å². The lowest BCUT2D eigenvalue weighted by atomic mass is 9.68. The van der Waals surface area contributed by atoms with Crippen molar-refractivity contribution in [3.8, 4) is 12.1 Å². The molecule has 1 rings (SSSR count). The van der Waals surface area contributed by atoms with Crippen molar-refractivity contribution in [2.75, 3.05) is 33.0 Å². The Morgan fingerprint density at radius 1 is 0.700 bits per heavy atom. The molecular weight excluding hydrogens is 837 g/mol. The molecule has 0 aromatic carbocycles. The van der Waals surface area contributed by atoms with E-state index in [0.29, 0.717) is 38.3 Å². The minimum absolute atomic E-state index is 0.00247. The van der Waals surface area contributed by atoms with E-state index in [-0.39, 0.29) is 64.6 Å². The molecule has 0 N–H and O–H groups in total. The van der Waals surface area contributed by atoms with Crippen molar-refractivity contribution < 1.29 is 55.2 Å². The zero-order valence-electron chi connectivity index (χ0n) is 39.4. The van der Waals surface area contributed by atoms with Crippen LogP contribution < -0.4 is 0 Å². The number of ether oxygens (including phenoxy) is 5. The molecule has 0 aliphatic carbocycles. The van der Waals surface area contributed by atoms with E-state index in [2.05, 4.69) is 65.0 Å². The SMILES string of the molecule is CCCCOC(=O)C(CC)CC(C)(CC(C#N)CC(C)(CC(C)C(=O)OCCCC#N)C(=O)OCCC[Si](O[Si](C)(C)C)(O[Si](C)(C)C)O[Si](C)(C)C)C(=O)OCC1CO1. The Morgan fingerprint density at radius 3 is 1.65 bits per heavy atom. The minimum Gasteiger partial charge on any atom is -0.465 e. The highest BCUT2D eigenvalue weighted by Gasteiger charge is 2.50. The molecule has 0 radical (unpaired) electrons. The van der Waals surface area contributed by atoms with Crippen molar-refractivity contribution in [1.29, 1.82) is 10.5 Å². The van der Waals surface area contributed by atoms with Crippen LogP contribution in [0.3, 0.4) is 0 Å². The van der Waals surface area contributed by atoms with Crippen LogP contribution in [0.25, 0.3) is 0 Å². The molecule has 1 fully saturated rings. The smallest absolute Gasteiger partial charge is 0.465 e. The third-order valence-corrected chi connectivity index (χ3v) is 21.8. The fourth-order valence-corrected chi connectivity index (χ4v) is 21.7. The van der Waals surface area contributed by atoms with Crippen molar-refractivity contribution in [2.24, 2.45) is 28.6 Å². The molecule has 0 bridgehead atoms. The Kier molecular flexibility index (Phi) is 23.2. The van der Waals surface area contributed by atoms with Gasteiger partial charge in [-0.05, 0) is 124 Å². The van der Waals surface area contributed by atoms with E-state index < -0.39 is 86.2 Å². The van der Waals surface area contributed by atoms with Crippen LogP contribution in [-0.2, 0) is 55.2 Å². The summed E-state index contributed by atoms with van der Waals surface area (Å²) in [5, 5.41) is 19.6. The van der Waals surface area contributed by atoms with Gasteiger partial charge in [-0.25, -0.2) is 0 Å². The zero-order valence-corrected chi connectivity index (χ0v) is 43.4. The second kappa shape index (κ2) is 25.0. The monoisotopic (exact) mass is 914 g/mol. The summed E-state index contributed by atoms with van der Waals surface area (Å²) in [4.78, 5) is 54.6. The Balaban J connectivity index is 3.50. The fraction of sp³-hybridized carbons (Fsp3) is 0.857. The van der Waals surface area contributed by atoms with Crippen LogP contribution in [0.4, 0.5) is 0 Å². The minimum atomic E-state index is -3.21. The number of nitriles is 2. The average molecular weight is 915 g/mol. The van der Waals surface area contributed by atoms with Gasteiger partial charge in [-0.2, -0.15) is 10.5 Å². The molecule has 1 heterocycles. The maximum atomic E-state index is 14.4. The third kappa shape index (κ3) is 22.1. The lowest BCUT2D eigenvalue weighted by molar-refractivity contribution is -0.161. The number of nitrogens with zero attached hydrogens (tertiary/aromatic N) is 2. The summed E-state index contributed by atoms with van der Waals surface area (Å²) < 4.78 is 48.4. The molecule has 0 aromatic rings. The lowest BCUT2D eigenvalue weighted by Crippen LogP contribution is -2.60. The van der Waals surface area contributed by atoms with Crippen LogP contribution >= 0.6 is 0 Å². The molecule has 0 amide bonds. The maximum Gasteiger partial charge on any atom is 0.469 e. The molecule has 1 saturated heterocycles. The van der Waals surface area contributed by atoms with Crippen molar-refractivity contribution >= 4 is 57.6 Å². The Bertz CT molecular complexity index is 1420. The summed E-state index contributed by atoms with van der Waals surface area (Å²) in [7, 11) is -9.63. The summed E-state index contributed by atoms with van der Waals surface area (Å²) in [6.45, 7) is 28.7. The molecule has 0 spiro atoms. The van der Waals surface area contributed by atoms with E-state index >= 15 is 0 Å². The highest BCUT2D eigenvalue weighted by Crippen LogP contribution is 2.43. The van der Waals surface area contributed by atoms with Crippen LogP contribution in [0.5, 0.6) is 0 Å². The van der Waals surface area contributed by atoms with Gasteiger partial charge in [0.25, 0.3) is 0 Å². The predicted octanol–water partition coefficient (Wildman–Crippen LogP) is 8.92. The van der Waals surface area contributed by atoms with Gasteiger partial charge in [0.15, 0.2) is 25.0 Å². The lowest BCUT2D eigenvalue weighted by Gasteiger charge is -2.43. The fourth-order valence-electron chi connectivity index (χ4n) is 7.10. The summed E-state index contributed by atoms with van der Waals surface area (Å²) >= 11 is 0. The largest absolute Gasteiger partial charge is 0.469 e. The molecule has 344 valence electrons. The van der Waals surface area contributed by atoms with Gasteiger partial charge < -0.3 is 36.0 Å². The van der Waals surface area contributed by atoms with Crippen LogP contribution in [0.15, 0.2) is 0 Å². The topological polar surface area (TPSA) is 193 Å². The first-order chi connectivity index (χ1) is 27.7. The van der Waals surface area contributed by atoms with Crippen molar-refractivity contribution in [3.05, 3.63) is 0 Å². The summed E-state index contributed by atoms with van der Waals surface area (Å²) in [6.07, 6.45) is 2.83. The molecule has 60 heavy (non-hydrogen) atoms. The molecule has 1 aliphatic rings. The van der Waals surface area contributed by atoms with Crippen LogP contribution in [0, 0.1) is 51.2 Å². The Hall–Kier alpha value is -2.43. The third-order valence-electron chi connectivity index (χ3n) is 9.71. The van der Waals surface area contributed by atoms with Gasteiger partial charge in [0.2, 0.25) is 0 Å². The van der Waals surface area contributed by atoms with Gasteiger partial charge in [0, 0.05) is 18.4 Å². The molecule has 0 aromatic heterocycles. The van der Waals surface area contributed by atoms with Gasteiger partial charge in [-0.15, -0.1) is 0 Å². The number of carbonyl (C=O) groups is 4. The van der Waals surface area contributed by atoms with Crippen LogP contribution in [-0.4, -0.2) is 96.8 Å². The number of esters is 4. The van der Waals surface area contributed by atoms with E-state index in [1.807, 2.05) is 19.9 Å². The quantitative estimate of drug-likeness (QED) is 0.0210. The molecule has 14 nitrogen and oxygen atoms in total. The number of hydrogen-bond acceptors (Lipinski definition) is 14. The first-order valence-corrected chi connectivity index (χ1v) is 34.0. The van der Waals surface area contributed by atoms with Gasteiger partial charge in [-0.1, -0.05) is 27.2 Å². The molecule has 1 aliphatic heterocycles. The standard InChI is InChI=1S/C42H78N2O12Si4/c1-15-17-22-50-38(46)35(16-2)29-42(5,40(48)53-32-36-31-52-36)28-34(30-44)27-41(4,26-33(3)37(45)49-23-19-18-21-43)39(47)51-24-20-25-60(54-57(6,7)8,55-58(9,10)11)56-59(12,13)14/h33-36H,15-20,22-29,31-32H2,1-14H3. The average Bonchev–Trinajstić information content (AvgIpc) is 3.95. The number of hydrogen-bond donors (Lipinski definition) is 0. The van der Waals surface area contributed by atoms with Crippen molar-refractivity contribution in [3.63, 3.8) is 0 Å². The maximum absolute atomic E-state index is 14.4. The van der Waals surface area contributed by atoms with Gasteiger partial charge in [0.1, 0.15) is 12.7 Å². The number of unbranched alkanes of at least 4 members (excludes halogenated alkanes) is 2. The molecular formula is C42H78N2O12Si4. The summed E-state index contributed by atoms with van der Waals surface area (Å²) in [6, 6.07) is 4.81. The highest BCUT2D eigenvalue weighted by molar-refractivity contribution is 6.90. The van der Waals surface area contributed by atoms with E-state index in [4.69, 9.17) is 41.3 Å². The van der Waals surface area contributed by atoms with Crippen LogP contribution in [0.2, 0.25) is 65.0 Å². The molecule has 0 saturated carbocycles. The molecule has 6 unspecified atom stereocenters. The van der Waals surface area contributed by atoms with E-state index in [1.54, 1.807) is 20.8 Å². The first-order valence-electron chi connectivity index (χ1n) is 21.8. The van der Waals surface area contributed by atoms with Crippen molar-refractivity contribution in [2.45, 2.75) is 170 Å². The zero-order chi connectivity index (χ0) is 46.0. The summed E-state index contributed by atoms with van der Waals surface area (Å²) in [5.74, 6) is -4.37. The number of rotatable bonds is 31. The van der Waals surface area contributed by atoms with Crippen LogP contribution in [0.1, 0.15) is 98.8 Å². The first kappa shape index (κ1) is 55.6.